The van der Waals surface area contributed by atoms with E-state index < -0.39 is 0 Å². The van der Waals surface area contributed by atoms with Crippen LogP contribution >= 0.6 is 11.8 Å². The van der Waals surface area contributed by atoms with E-state index in [9.17, 15) is 4.79 Å². The molecule has 148 valence electrons. The number of piperazine rings is 1. The van der Waals surface area contributed by atoms with E-state index in [2.05, 4.69) is 66.1 Å². The Morgan fingerprint density at radius 3 is 2.39 bits per heavy atom. The summed E-state index contributed by atoms with van der Waals surface area (Å²) in [6.07, 6.45) is 1.03. The lowest BCUT2D eigenvalue weighted by Crippen LogP contribution is -2.50. The number of rotatable bonds is 3. The molecule has 2 aliphatic heterocycles. The lowest BCUT2D eigenvalue weighted by molar-refractivity contribution is -0.119. The second kappa shape index (κ2) is 8.58. The first kappa shape index (κ1) is 19.3. The zero-order valence-corrected chi connectivity index (χ0v) is 17.6. The molecule has 4 rings (SSSR count). The molecular formula is C23H29N3OS. The number of benzene rings is 2. The van der Waals surface area contributed by atoms with Crippen molar-refractivity contribution in [1.82, 2.24) is 4.90 Å². The summed E-state index contributed by atoms with van der Waals surface area (Å²) in [5.74, 6) is 0.228. The van der Waals surface area contributed by atoms with E-state index in [-0.39, 0.29) is 5.91 Å². The minimum absolute atomic E-state index is 0.228. The summed E-state index contributed by atoms with van der Waals surface area (Å²) in [4.78, 5) is 21.1. The zero-order valence-electron chi connectivity index (χ0n) is 16.8. The van der Waals surface area contributed by atoms with Crippen LogP contribution in [-0.2, 0) is 4.79 Å². The SMILES string of the molecule is Cc1ccccc1N1CCN(CC(=O)N2CCC(C)Sc3ccccc32)CC1. The topological polar surface area (TPSA) is 26.8 Å². The van der Waals surface area contributed by atoms with E-state index in [4.69, 9.17) is 0 Å². The molecule has 1 amide bonds. The van der Waals surface area contributed by atoms with Crippen LogP contribution in [0.1, 0.15) is 18.9 Å². The first-order valence-corrected chi connectivity index (χ1v) is 11.1. The Labute approximate surface area is 172 Å². The molecule has 2 aliphatic rings. The Morgan fingerprint density at radius 1 is 0.964 bits per heavy atom. The normalized spacial score (nSPS) is 20.6. The number of anilines is 2. The van der Waals surface area contributed by atoms with Gasteiger partial charge in [-0.05, 0) is 37.1 Å². The van der Waals surface area contributed by atoms with Gasteiger partial charge in [-0.3, -0.25) is 9.69 Å². The van der Waals surface area contributed by atoms with Gasteiger partial charge in [-0.2, -0.15) is 0 Å². The molecule has 2 aromatic carbocycles. The number of carbonyl (C=O) groups is 1. The molecule has 0 spiro atoms. The van der Waals surface area contributed by atoms with Gasteiger partial charge in [0.1, 0.15) is 0 Å². The molecule has 1 atom stereocenters. The molecule has 0 N–H and O–H groups in total. The van der Waals surface area contributed by atoms with Gasteiger partial charge in [0.15, 0.2) is 0 Å². The van der Waals surface area contributed by atoms with E-state index in [1.165, 1.54) is 16.1 Å². The Hall–Kier alpha value is -1.98. The van der Waals surface area contributed by atoms with Crippen molar-refractivity contribution in [2.75, 3.05) is 49.1 Å². The largest absolute Gasteiger partial charge is 0.369 e. The summed E-state index contributed by atoms with van der Waals surface area (Å²) >= 11 is 1.88. The van der Waals surface area contributed by atoms with Crippen molar-refractivity contribution in [2.45, 2.75) is 30.4 Å². The molecule has 0 bridgehead atoms. The number of aryl methyl sites for hydroxylation is 1. The predicted molar refractivity (Wildman–Crippen MR) is 119 cm³/mol. The summed E-state index contributed by atoms with van der Waals surface area (Å²) < 4.78 is 0. The van der Waals surface area contributed by atoms with Crippen LogP contribution in [0, 0.1) is 6.92 Å². The minimum Gasteiger partial charge on any atom is -0.369 e. The summed E-state index contributed by atoms with van der Waals surface area (Å²) in [5, 5.41) is 0.539. The van der Waals surface area contributed by atoms with Gasteiger partial charge in [-0.1, -0.05) is 37.3 Å². The van der Waals surface area contributed by atoms with Gasteiger partial charge >= 0.3 is 0 Å². The van der Waals surface area contributed by atoms with Crippen LogP contribution in [0.15, 0.2) is 53.4 Å². The van der Waals surface area contributed by atoms with E-state index in [0.717, 1.165) is 44.8 Å². The fourth-order valence-electron chi connectivity index (χ4n) is 4.09. The van der Waals surface area contributed by atoms with Gasteiger partial charge in [-0.15, -0.1) is 11.8 Å². The van der Waals surface area contributed by atoms with Crippen molar-refractivity contribution in [3.8, 4) is 0 Å². The van der Waals surface area contributed by atoms with E-state index >= 15 is 0 Å². The van der Waals surface area contributed by atoms with Crippen LogP contribution in [0.2, 0.25) is 0 Å². The fourth-order valence-corrected chi connectivity index (χ4v) is 5.20. The fraction of sp³-hybridized carbons (Fsp3) is 0.435. The quantitative estimate of drug-likeness (QED) is 0.784. The Morgan fingerprint density at radius 2 is 1.64 bits per heavy atom. The lowest BCUT2D eigenvalue weighted by atomic mass is 10.1. The molecule has 0 aliphatic carbocycles. The minimum atomic E-state index is 0.228. The van der Waals surface area contributed by atoms with Crippen molar-refractivity contribution < 1.29 is 4.79 Å². The van der Waals surface area contributed by atoms with Crippen LogP contribution in [-0.4, -0.2) is 55.3 Å². The van der Waals surface area contributed by atoms with E-state index in [1.807, 2.05) is 22.7 Å². The van der Waals surface area contributed by atoms with Crippen LogP contribution in [0.25, 0.3) is 0 Å². The first-order valence-electron chi connectivity index (χ1n) is 10.2. The third kappa shape index (κ3) is 4.20. The zero-order chi connectivity index (χ0) is 19.5. The molecule has 1 saturated heterocycles. The molecule has 4 nitrogen and oxygen atoms in total. The Kier molecular flexibility index (Phi) is 5.93. The van der Waals surface area contributed by atoms with E-state index in [1.54, 1.807) is 0 Å². The maximum atomic E-state index is 13.2. The van der Waals surface area contributed by atoms with Gasteiger partial charge in [0, 0.05) is 48.6 Å². The molecule has 28 heavy (non-hydrogen) atoms. The van der Waals surface area contributed by atoms with Gasteiger partial charge < -0.3 is 9.80 Å². The predicted octanol–water partition coefficient (Wildman–Crippen LogP) is 4.03. The number of nitrogens with zero attached hydrogens (tertiary/aromatic N) is 3. The van der Waals surface area contributed by atoms with Crippen molar-refractivity contribution in [3.05, 3.63) is 54.1 Å². The van der Waals surface area contributed by atoms with Gasteiger partial charge in [0.25, 0.3) is 0 Å². The molecule has 2 aromatic rings. The van der Waals surface area contributed by atoms with Crippen molar-refractivity contribution in [1.29, 1.82) is 0 Å². The van der Waals surface area contributed by atoms with Gasteiger partial charge in [-0.25, -0.2) is 0 Å². The second-order valence-electron chi connectivity index (χ2n) is 7.78. The first-order chi connectivity index (χ1) is 13.6. The van der Waals surface area contributed by atoms with Crippen LogP contribution in [0.3, 0.4) is 0 Å². The molecule has 0 aromatic heterocycles. The standard InChI is InChI=1S/C23H29N3OS/c1-18-7-3-4-8-20(18)25-15-13-24(14-16-25)17-23(27)26-12-11-19(2)28-22-10-6-5-9-21(22)26/h3-10,19H,11-17H2,1-2H3. The van der Waals surface area contributed by atoms with Crippen molar-refractivity contribution in [3.63, 3.8) is 0 Å². The number of carbonyl (C=O) groups excluding carboxylic acids is 1. The highest BCUT2D eigenvalue weighted by atomic mass is 32.2. The monoisotopic (exact) mass is 395 g/mol. The third-order valence-electron chi connectivity index (χ3n) is 5.73. The van der Waals surface area contributed by atoms with Crippen LogP contribution in [0.4, 0.5) is 11.4 Å². The number of hydrogen-bond donors (Lipinski definition) is 0. The lowest BCUT2D eigenvalue weighted by Gasteiger charge is -2.37. The Balaban J connectivity index is 1.39. The van der Waals surface area contributed by atoms with Crippen molar-refractivity contribution in [2.24, 2.45) is 0 Å². The molecule has 0 saturated carbocycles. The maximum absolute atomic E-state index is 13.2. The summed E-state index contributed by atoms with van der Waals surface area (Å²) in [6, 6.07) is 16.9. The van der Waals surface area contributed by atoms with Crippen LogP contribution < -0.4 is 9.80 Å². The third-order valence-corrected chi connectivity index (χ3v) is 6.97. The molecule has 1 unspecified atom stereocenters. The number of hydrogen-bond acceptors (Lipinski definition) is 4. The number of amides is 1. The van der Waals surface area contributed by atoms with Gasteiger partial charge in [0.2, 0.25) is 5.91 Å². The highest BCUT2D eigenvalue weighted by molar-refractivity contribution is 8.00. The summed E-state index contributed by atoms with van der Waals surface area (Å²) in [7, 11) is 0. The average Bonchev–Trinajstić information content (AvgIpc) is 2.87. The average molecular weight is 396 g/mol. The Bertz CT molecular complexity index is 832. The summed E-state index contributed by atoms with van der Waals surface area (Å²) in [6.45, 7) is 9.55. The van der Waals surface area contributed by atoms with Gasteiger partial charge in [0.05, 0.1) is 12.2 Å². The van der Waals surface area contributed by atoms with Crippen LogP contribution in [0.5, 0.6) is 0 Å². The second-order valence-corrected chi connectivity index (χ2v) is 9.26. The highest BCUT2D eigenvalue weighted by Crippen LogP contribution is 2.37. The smallest absolute Gasteiger partial charge is 0.241 e. The molecule has 0 radical (unpaired) electrons. The van der Waals surface area contributed by atoms with Crippen molar-refractivity contribution >= 4 is 29.0 Å². The number of fused-ring (bicyclic) bond motifs is 1. The highest BCUT2D eigenvalue weighted by Gasteiger charge is 2.27. The molecule has 2 heterocycles. The summed E-state index contributed by atoms with van der Waals surface area (Å²) in [5.41, 5.74) is 3.72. The molecule has 5 heteroatoms. The molecular weight excluding hydrogens is 366 g/mol. The maximum Gasteiger partial charge on any atom is 0.241 e. The number of para-hydroxylation sites is 2. The molecule has 1 fully saturated rings. The number of thioether (sulfide) groups is 1. The van der Waals surface area contributed by atoms with E-state index in [0.29, 0.717) is 11.8 Å².